The summed E-state index contributed by atoms with van der Waals surface area (Å²) in [7, 11) is 0. The van der Waals surface area contributed by atoms with E-state index < -0.39 is 18.1 Å². The monoisotopic (exact) mass is 465 g/mol. The van der Waals surface area contributed by atoms with Gasteiger partial charge in [-0.25, -0.2) is 4.39 Å². The minimum atomic E-state index is -0.654. The fraction of sp³-hybridized carbons (Fsp3) is 0.346. The number of imide groups is 1. The molecule has 2 aromatic carbocycles. The smallest absolute Gasteiger partial charge is 0.307 e. The fourth-order valence-electron chi connectivity index (χ4n) is 4.68. The average molecular weight is 465 g/mol. The highest BCUT2D eigenvalue weighted by Crippen LogP contribution is 2.37. The van der Waals surface area contributed by atoms with Crippen molar-refractivity contribution in [2.75, 3.05) is 6.54 Å². The first kappa shape index (κ1) is 22.3. The second-order valence-corrected chi connectivity index (χ2v) is 8.62. The average Bonchev–Trinajstić information content (AvgIpc) is 3.11. The van der Waals surface area contributed by atoms with Crippen molar-refractivity contribution >= 4 is 17.8 Å². The third-order valence-electron chi connectivity index (χ3n) is 6.42. The van der Waals surface area contributed by atoms with E-state index in [1.54, 1.807) is 0 Å². The third-order valence-corrected chi connectivity index (χ3v) is 6.42. The van der Waals surface area contributed by atoms with Crippen LogP contribution in [-0.2, 0) is 37.1 Å². The number of halogens is 1. The van der Waals surface area contributed by atoms with E-state index in [-0.39, 0.29) is 49.8 Å². The zero-order chi connectivity index (χ0) is 23.7. The van der Waals surface area contributed by atoms with Gasteiger partial charge in [-0.2, -0.15) is 0 Å². The lowest BCUT2D eigenvalue weighted by Crippen LogP contribution is -2.33. The van der Waals surface area contributed by atoms with Gasteiger partial charge in [-0.15, -0.1) is 0 Å². The van der Waals surface area contributed by atoms with Gasteiger partial charge < -0.3 is 14.2 Å². The summed E-state index contributed by atoms with van der Waals surface area (Å²) in [6, 6.07) is 12.0. The summed E-state index contributed by atoms with van der Waals surface area (Å²) in [6.45, 7) is -0.0628. The predicted octanol–water partition coefficient (Wildman–Crippen LogP) is 3.82. The van der Waals surface area contributed by atoms with Crippen LogP contribution in [0.5, 0.6) is 5.75 Å². The lowest BCUT2D eigenvalue weighted by Gasteiger charge is -2.28. The van der Waals surface area contributed by atoms with Crippen LogP contribution in [0.25, 0.3) is 0 Å². The Labute approximate surface area is 196 Å². The number of benzene rings is 2. The van der Waals surface area contributed by atoms with Crippen LogP contribution in [0.3, 0.4) is 0 Å². The number of carbonyl (C=O) groups is 3. The molecule has 1 aliphatic carbocycles. The van der Waals surface area contributed by atoms with Crippen LogP contribution in [0.15, 0.2) is 54.6 Å². The molecule has 0 unspecified atom stereocenters. The van der Waals surface area contributed by atoms with Crippen LogP contribution in [0.2, 0.25) is 0 Å². The Morgan fingerprint density at radius 3 is 2.47 bits per heavy atom. The van der Waals surface area contributed by atoms with Crippen molar-refractivity contribution in [3.8, 4) is 5.75 Å². The number of hydrogen-bond acceptors (Lipinski definition) is 6. The van der Waals surface area contributed by atoms with Gasteiger partial charge in [0.15, 0.2) is 0 Å². The SMILES string of the molecule is O=C(CCN1C(=O)[C@@H]2CC=CC[C@H]2C1=O)OCc1cc(F)cc2c1O[C@@H](c1ccccc1)OC2. The largest absolute Gasteiger partial charge is 0.461 e. The van der Waals surface area contributed by atoms with Crippen molar-refractivity contribution in [3.63, 3.8) is 0 Å². The predicted molar refractivity (Wildman–Crippen MR) is 117 cm³/mol. The first-order chi connectivity index (χ1) is 16.5. The van der Waals surface area contributed by atoms with E-state index in [1.807, 2.05) is 42.5 Å². The molecule has 2 amide bonds. The molecule has 2 aliphatic heterocycles. The zero-order valence-corrected chi connectivity index (χ0v) is 18.4. The van der Waals surface area contributed by atoms with Crippen molar-refractivity contribution in [2.24, 2.45) is 11.8 Å². The van der Waals surface area contributed by atoms with Crippen LogP contribution in [0.4, 0.5) is 4.39 Å². The normalized spacial score (nSPS) is 23.3. The van der Waals surface area contributed by atoms with Crippen molar-refractivity contribution in [2.45, 2.75) is 38.8 Å². The van der Waals surface area contributed by atoms with Gasteiger partial charge in [-0.05, 0) is 25.0 Å². The van der Waals surface area contributed by atoms with Gasteiger partial charge in [-0.3, -0.25) is 19.3 Å². The number of fused-ring (bicyclic) bond motifs is 2. The Bertz CT molecular complexity index is 1120. The lowest BCUT2D eigenvalue weighted by atomic mass is 9.85. The number of nitrogens with zero attached hydrogens (tertiary/aromatic N) is 1. The number of rotatable bonds is 6. The topological polar surface area (TPSA) is 82.1 Å². The number of amides is 2. The molecule has 0 aromatic heterocycles. The van der Waals surface area contributed by atoms with Crippen molar-refractivity contribution in [1.29, 1.82) is 0 Å². The van der Waals surface area contributed by atoms with Crippen molar-refractivity contribution in [3.05, 3.63) is 77.1 Å². The maximum Gasteiger partial charge on any atom is 0.307 e. The van der Waals surface area contributed by atoms with Crippen LogP contribution >= 0.6 is 0 Å². The minimum absolute atomic E-state index is 0.0226. The summed E-state index contributed by atoms with van der Waals surface area (Å²) < 4.78 is 31.2. The Morgan fingerprint density at radius 2 is 1.76 bits per heavy atom. The van der Waals surface area contributed by atoms with E-state index in [2.05, 4.69) is 0 Å². The van der Waals surface area contributed by atoms with Gasteiger partial charge in [0.25, 0.3) is 0 Å². The van der Waals surface area contributed by atoms with Gasteiger partial charge >= 0.3 is 5.97 Å². The highest BCUT2D eigenvalue weighted by molar-refractivity contribution is 6.05. The standard InChI is InChI=1S/C26H24FNO6/c27-19-12-17(23-18(13-19)15-33-26(34-23)16-6-2-1-3-7-16)14-32-22(29)10-11-28-24(30)20-8-4-5-9-21(20)25(28)31/h1-7,12-13,20-21,26H,8-11,14-15H2/t20-,21-,26+/m1/s1. The molecule has 1 fully saturated rings. The van der Waals surface area contributed by atoms with Gasteiger partial charge in [0, 0.05) is 23.2 Å². The molecule has 0 radical (unpaired) electrons. The first-order valence-electron chi connectivity index (χ1n) is 11.3. The molecule has 34 heavy (non-hydrogen) atoms. The summed E-state index contributed by atoms with van der Waals surface area (Å²) >= 11 is 0. The quantitative estimate of drug-likeness (QED) is 0.367. The summed E-state index contributed by atoms with van der Waals surface area (Å²) in [5.74, 6) is -1.76. The van der Waals surface area contributed by atoms with Gasteiger partial charge in [0.05, 0.1) is 24.9 Å². The number of esters is 1. The van der Waals surface area contributed by atoms with Crippen LogP contribution in [0, 0.1) is 17.7 Å². The van der Waals surface area contributed by atoms with Crippen molar-refractivity contribution < 1.29 is 33.0 Å². The Morgan fingerprint density at radius 1 is 1.06 bits per heavy atom. The van der Waals surface area contributed by atoms with E-state index in [0.29, 0.717) is 29.7 Å². The van der Waals surface area contributed by atoms with Crippen LogP contribution in [0.1, 0.15) is 42.2 Å². The fourth-order valence-corrected chi connectivity index (χ4v) is 4.68. The highest BCUT2D eigenvalue weighted by atomic mass is 19.1. The molecule has 2 heterocycles. The molecule has 3 atom stereocenters. The molecule has 0 saturated carbocycles. The number of carbonyl (C=O) groups excluding carboxylic acids is 3. The minimum Gasteiger partial charge on any atom is -0.461 e. The summed E-state index contributed by atoms with van der Waals surface area (Å²) in [5.41, 5.74) is 1.73. The van der Waals surface area contributed by atoms with E-state index in [9.17, 15) is 18.8 Å². The van der Waals surface area contributed by atoms with E-state index in [4.69, 9.17) is 14.2 Å². The Balaban J connectivity index is 1.21. The van der Waals surface area contributed by atoms with Gasteiger partial charge in [-0.1, -0.05) is 42.5 Å². The van der Waals surface area contributed by atoms with E-state index >= 15 is 0 Å². The number of likely N-dealkylation sites (tertiary alicyclic amines) is 1. The second kappa shape index (κ2) is 9.38. The number of allylic oxidation sites excluding steroid dienone is 2. The Hall–Kier alpha value is -3.52. The molecule has 0 bridgehead atoms. The molecule has 5 rings (SSSR count). The van der Waals surface area contributed by atoms with E-state index in [0.717, 1.165) is 5.56 Å². The van der Waals surface area contributed by atoms with E-state index in [1.165, 1.54) is 17.0 Å². The summed E-state index contributed by atoms with van der Waals surface area (Å²) in [5, 5.41) is 0. The Kier molecular flexibility index (Phi) is 6.15. The van der Waals surface area contributed by atoms with Crippen LogP contribution < -0.4 is 4.74 Å². The molecule has 176 valence electrons. The van der Waals surface area contributed by atoms with Gasteiger partial charge in [0.1, 0.15) is 18.2 Å². The highest BCUT2D eigenvalue weighted by Gasteiger charge is 2.47. The molecule has 1 saturated heterocycles. The molecular weight excluding hydrogens is 441 g/mol. The lowest BCUT2D eigenvalue weighted by molar-refractivity contribution is -0.147. The second-order valence-electron chi connectivity index (χ2n) is 8.62. The molecular formula is C26H24FNO6. The molecule has 7 nitrogen and oxygen atoms in total. The van der Waals surface area contributed by atoms with Gasteiger partial charge in [0.2, 0.25) is 18.1 Å². The number of hydrogen-bond donors (Lipinski definition) is 0. The first-order valence-corrected chi connectivity index (χ1v) is 11.3. The summed E-state index contributed by atoms with van der Waals surface area (Å²) in [4.78, 5) is 38.6. The molecule has 0 spiro atoms. The maximum absolute atomic E-state index is 14.1. The molecule has 3 aliphatic rings. The molecule has 2 aromatic rings. The van der Waals surface area contributed by atoms with Crippen molar-refractivity contribution in [1.82, 2.24) is 4.90 Å². The number of ether oxygens (including phenoxy) is 3. The third kappa shape index (κ3) is 4.33. The maximum atomic E-state index is 14.1. The molecule has 8 heteroatoms. The molecule has 0 N–H and O–H groups in total. The summed E-state index contributed by atoms with van der Waals surface area (Å²) in [6.07, 6.45) is 4.15. The zero-order valence-electron chi connectivity index (χ0n) is 18.4. The van der Waals surface area contributed by atoms with Crippen LogP contribution in [-0.4, -0.2) is 29.2 Å².